The van der Waals surface area contributed by atoms with Crippen molar-refractivity contribution in [2.75, 3.05) is 11.1 Å². The van der Waals surface area contributed by atoms with Crippen LogP contribution in [0.25, 0.3) is 0 Å². The van der Waals surface area contributed by atoms with Crippen LogP contribution in [-0.2, 0) is 4.79 Å². The summed E-state index contributed by atoms with van der Waals surface area (Å²) >= 11 is 0. The number of rotatable bonds is 4. The number of nitrogens with one attached hydrogen (secondary N) is 2. The number of benzene rings is 1. The molecule has 1 aliphatic rings. The molecule has 3 rings (SSSR count). The summed E-state index contributed by atoms with van der Waals surface area (Å²) in [7, 11) is 0. The van der Waals surface area contributed by atoms with Gasteiger partial charge in [-0.3, -0.25) is 9.89 Å². The molecule has 1 fully saturated rings. The zero-order valence-electron chi connectivity index (χ0n) is 12.1. The normalized spacial score (nSPS) is 16.2. The first kappa shape index (κ1) is 13.7. The van der Waals surface area contributed by atoms with E-state index in [4.69, 9.17) is 5.73 Å². The van der Waals surface area contributed by atoms with Crippen molar-refractivity contribution in [1.29, 1.82) is 0 Å². The van der Waals surface area contributed by atoms with Crippen LogP contribution in [0.5, 0.6) is 0 Å². The average Bonchev–Trinajstić information content (AvgIpc) is 2.85. The highest BCUT2D eigenvalue weighted by Gasteiger charge is 2.22. The first-order valence-corrected chi connectivity index (χ1v) is 7.35. The van der Waals surface area contributed by atoms with Crippen molar-refractivity contribution >= 4 is 17.4 Å². The number of nitrogen functional groups attached to an aromatic ring is 1. The SMILES string of the molecule is CC(C(=O)Nc1cc(C2CCC2)[nH]n1)c1ccc(N)cc1. The van der Waals surface area contributed by atoms with Crippen molar-refractivity contribution in [2.45, 2.75) is 38.0 Å². The highest BCUT2D eigenvalue weighted by Crippen LogP contribution is 2.35. The van der Waals surface area contributed by atoms with Gasteiger partial charge in [0.2, 0.25) is 5.91 Å². The van der Waals surface area contributed by atoms with Gasteiger partial charge in [0.15, 0.2) is 5.82 Å². The number of hydrogen-bond donors (Lipinski definition) is 3. The van der Waals surface area contributed by atoms with E-state index < -0.39 is 0 Å². The minimum atomic E-state index is -0.241. The molecule has 0 saturated heterocycles. The highest BCUT2D eigenvalue weighted by molar-refractivity contribution is 5.94. The van der Waals surface area contributed by atoms with Crippen LogP contribution in [-0.4, -0.2) is 16.1 Å². The molecule has 0 spiro atoms. The summed E-state index contributed by atoms with van der Waals surface area (Å²) in [6.07, 6.45) is 3.69. The molecule has 0 aliphatic heterocycles. The standard InChI is InChI=1S/C16H20N4O/c1-10(11-5-7-13(17)8-6-11)16(21)18-15-9-14(19-20-15)12-3-2-4-12/h5-10,12H,2-4,17H2,1H3,(H2,18,19,20,21). The molecule has 21 heavy (non-hydrogen) atoms. The zero-order valence-corrected chi connectivity index (χ0v) is 12.1. The maximum Gasteiger partial charge on any atom is 0.232 e. The Kier molecular flexibility index (Phi) is 3.64. The third-order valence-electron chi connectivity index (χ3n) is 4.22. The van der Waals surface area contributed by atoms with Gasteiger partial charge in [-0.25, -0.2) is 0 Å². The fourth-order valence-electron chi connectivity index (χ4n) is 2.50. The maximum absolute atomic E-state index is 12.3. The molecular formula is C16H20N4O. The molecule has 5 heteroatoms. The van der Waals surface area contributed by atoms with Gasteiger partial charge in [0.1, 0.15) is 0 Å². The largest absolute Gasteiger partial charge is 0.399 e. The van der Waals surface area contributed by atoms with Crippen LogP contribution < -0.4 is 11.1 Å². The molecule has 110 valence electrons. The number of amides is 1. The van der Waals surface area contributed by atoms with E-state index in [0.717, 1.165) is 11.3 Å². The summed E-state index contributed by atoms with van der Waals surface area (Å²) in [5.41, 5.74) is 8.42. The van der Waals surface area contributed by atoms with E-state index in [-0.39, 0.29) is 11.8 Å². The molecule has 1 saturated carbocycles. The summed E-state index contributed by atoms with van der Waals surface area (Å²) in [4.78, 5) is 12.3. The molecule has 1 atom stereocenters. The molecule has 1 aromatic carbocycles. The third-order valence-corrected chi connectivity index (χ3v) is 4.22. The number of nitrogens with zero attached hydrogens (tertiary/aromatic N) is 1. The van der Waals surface area contributed by atoms with E-state index in [9.17, 15) is 4.79 Å². The minimum Gasteiger partial charge on any atom is -0.399 e. The number of nitrogens with two attached hydrogens (primary N) is 1. The van der Waals surface area contributed by atoms with Gasteiger partial charge in [-0.05, 0) is 37.5 Å². The number of hydrogen-bond acceptors (Lipinski definition) is 3. The summed E-state index contributed by atoms with van der Waals surface area (Å²) < 4.78 is 0. The van der Waals surface area contributed by atoms with Crippen molar-refractivity contribution in [3.05, 3.63) is 41.6 Å². The Bertz CT molecular complexity index is 628. The Morgan fingerprint density at radius 2 is 2.10 bits per heavy atom. The van der Waals surface area contributed by atoms with Crippen LogP contribution in [0.3, 0.4) is 0 Å². The van der Waals surface area contributed by atoms with Crippen molar-refractivity contribution in [3.63, 3.8) is 0 Å². The fourth-order valence-corrected chi connectivity index (χ4v) is 2.50. The number of aromatic amines is 1. The molecule has 1 aromatic heterocycles. The van der Waals surface area contributed by atoms with E-state index in [1.54, 1.807) is 0 Å². The highest BCUT2D eigenvalue weighted by atomic mass is 16.1. The van der Waals surface area contributed by atoms with Gasteiger partial charge in [-0.2, -0.15) is 5.10 Å². The van der Waals surface area contributed by atoms with Crippen molar-refractivity contribution in [3.8, 4) is 0 Å². The monoisotopic (exact) mass is 284 g/mol. The van der Waals surface area contributed by atoms with E-state index in [1.807, 2.05) is 37.3 Å². The Hall–Kier alpha value is -2.30. The van der Waals surface area contributed by atoms with Gasteiger partial charge in [-0.1, -0.05) is 18.6 Å². The summed E-state index contributed by atoms with van der Waals surface area (Å²) in [5, 5.41) is 10.1. The molecule has 1 amide bonds. The van der Waals surface area contributed by atoms with Crippen molar-refractivity contribution in [2.24, 2.45) is 0 Å². The second kappa shape index (κ2) is 5.60. The topological polar surface area (TPSA) is 83.8 Å². The minimum absolute atomic E-state index is 0.0635. The molecule has 4 N–H and O–H groups in total. The molecule has 1 heterocycles. The third kappa shape index (κ3) is 2.91. The lowest BCUT2D eigenvalue weighted by Crippen LogP contribution is -2.19. The lowest BCUT2D eigenvalue weighted by molar-refractivity contribution is -0.117. The van der Waals surface area contributed by atoms with Gasteiger partial charge in [0.25, 0.3) is 0 Å². The Balaban J connectivity index is 1.64. The molecule has 5 nitrogen and oxygen atoms in total. The lowest BCUT2D eigenvalue weighted by Gasteiger charge is -2.23. The van der Waals surface area contributed by atoms with Gasteiger partial charge in [0.05, 0.1) is 5.92 Å². The van der Waals surface area contributed by atoms with Crippen LogP contribution in [0.1, 0.15) is 49.3 Å². The number of H-pyrrole nitrogens is 1. The van der Waals surface area contributed by atoms with E-state index in [0.29, 0.717) is 17.4 Å². The van der Waals surface area contributed by atoms with E-state index in [2.05, 4.69) is 15.5 Å². The molecular weight excluding hydrogens is 264 g/mol. The van der Waals surface area contributed by atoms with Crippen LogP contribution in [0, 0.1) is 0 Å². The number of carbonyl (C=O) groups excluding carboxylic acids is 1. The van der Waals surface area contributed by atoms with Crippen LogP contribution in [0.4, 0.5) is 11.5 Å². The summed E-state index contributed by atoms with van der Waals surface area (Å²) in [6.45, 7) is 1.88. The van der Waals surface area contributed by atoms with Gasteiger partial charge in [0, 0.05) is 23.4 Å². The zero-order chi connectivity index (χ0) is 14.8. The number of aromatic nitrogens is 2. The Labute approximate surface area is 123 Å². The number of anilines is 2. The maximum atomic E-state index is 12.3. The van der Waals surface area contributed by atoms with E-state index >= 15 is 0 Å². The van der Waals surface area contributed by atoms with Crippen LogP contribution in [0.2, 0.25) is 0 Å². The summed E-state index contributed by atoms with van der Waals surface area (Å²) in [6, 6.07) is 9.32. The predicted molar refractivity (Wildman–Crippen MR) is 83.1 cm³/mol. The lowest BCUT2D eigenvalue weighted by atomic mass is 9.83. The Morgan fingerprint density at radius 3 is 2.71 bits per heavy atom. The average molecular weight is 284 g/mol. The number of carbonyl (C=O) groups is 1. The van der Waals surface area contributed by atoms with Gasteiger partial charge < -0.3 is 11.1 Å². The molecule has 2 aromatic rings. The van der Waals surface area contributed by atoms with Crippen LogP contribution in [0.15, 0.2) is 30.3 Å². The first-order chi connectivity index (χ1) is 10.1. The van der Waals surface area contributed by atoms with Gasteiger partial charge in [-0.15, -0.1) is 0 Å². The van der Waals surface area contributed by atoms with Crippen LogP contribution >= 0.6 is 0 Å². The second-order valence-corrected chi connectivity index (χ2v) is 5.71. The molecule has 0 bridgehead atoms. The Morgan fingerprint density at radius 1 is 1.38 bits per heavy atom. The molecule has 1 aliphatic carbocycles. The molecule has 0 radical (unpaired) electrons. The fraction of sp³-hybridized carbons (Fsp3) is 0.375. The smallest absolute Gasteiger partial charge is 0.232 e. The van der Waals surface area contributed by atoms with Crippen molar-refractivity contribution in [1.82, 2.24) is 10.2 Å². The van der Waals surface area contributed by atoms with Crippen molar-refractivity contribution < 1.29 is 4.79 Å². The quantitative estimate of drug-likeness (QED) is 0.755. The summed E-state index contributed by atoms with van der Waals surface area (Å²) in [5.74, 6) is 0.878. The predicted octanol–water partition coefficient (Wildman–Crippen LogP) is 3.00. The van der Waals surface area contributed by atoms with Gasteiger partial charge >= 0.3 is 0 Å². The van der Waals surface area contributed by atoms with E-state index in [1.165, 1.54) is 19.3 Å². The molecule has 1 unspecified atom stereocenters. The second-order valence-electron chi connectivity index (χ2n) is 5.71. The first-order valence-electron chi connectivity index (χ1n) is 7.35.